The molecule has 0 bridgehead atoms. The molecule has 0 heterocycles. The summed E-state index contributed by atoms with van der Waals surface area (Å²) in [5.41, 5.74) is 0. The molecule has 0 saturated heterocycles. The largest absolute Gasteiger partial charge is 0.466 e. The normalized spacial score (nSPS) is 11.7. The van der Waals surface area contributed by atoms with Gasteiger partial charge in [0.2, 0.25) is 0 Å². The molecule has 13 heavy (non-hydrogen) atoms. The highest BCUT2D eigenvalue weighted by molar-refractivity contribution is 9.11. The summed E-state index contributed by atoms with van der Waals surface area (Å²) >= 11 is 3.28. The quantitative estimate of drug-likeness (QED) is 0.549. The van der Waals surface area contributed by atoms with Gasteiger partial charge in [-0.25, -0.2) is 0 Å². The van der Waals surface area contributed by atoms with Gasteiger partial charge in [-0.3, -0.25) is 4.79 Å². The van der Waals surface area contributed by atoms with E-state index in [1.807, 2.05) is 6.08 Å². The van der Waals surface area contributed by atoms with Gasteiger partial charge in [0.15, 0.2) is 0 Å². The van der Waals surface area contributed by atoms with Crippen molar-refractivity contribution in [1.82, 2.24) is 0 Å². The minimum absolute atomic E-state index is 0.216. The van der Waals surface area contributed by atoms with E-state index in [0.29, 0.717) is 6.61 Å². The standard InChI is InChI=1S/C10H13BrO2/c1-3-5-6-9(11)7-8-10(12)13-4-2/h3,5-7H,1,4,8H2,2H3/b6-5-,9-7-. The van der Waals surface area contributed by atoms with E-state index in [9.17, 15) is 4.79 Å². The Morgan fingerprint density at radius 3 is 2.85 bits per heavy atom. The highest BCUT2D eigenvalue weighted by atomic mass is 79.9. The molecule has 0 aromatic carbocycles. The first-order chi connectivity index (χ1) is 6.20. The van der Waals surface area contributed by atoms with Crippen molar-refractivity contribution in [1.29, 1.82) is 0 Å². The Bertz CT molecular complexity index is 229. The molecule has 3 heteroatoms. The highest BCUT2D eigenvalue weighted by Gasteiger charge is 1.97. The zero-order valence-corrected chi connectivity index (χ0v) is 9.21. The average molecular weight is 245 g/mol. The van der Waals surface area contributed by atoms with Crippen LogP contribution in [0.15, 0.2) is 35.4 Å². The molecule has 0 radical (unpaired) electrons. The van der Waals surface area contributed by atoms with Crippen molar-refractivity contribution in [3.8, 4) is 0 Å². The molecule has 0 unspecified atom stereocenters. The maximum Gasteiger partial charge on any atom is 0.309 e. The molecule has 0 aliphatic heterocycles. The highest BCUT2D eigenvalue weighted by Crippen LogP contribution is 2.08. The minimum Gasteiger partial charge on any atom is -0.466 e. The van der Waals surface area contributed by atoms with E-state index in [-0.39, 0.29) is 12.4 Å². The Hall–Kier alpha value is -0.830. The van der Waals surface area contributed by atoms with Crippen LogP contribution in [0.2, 0.25) is 0 Å². The van der Waals surface area contributed by atoms with Crippen LogP contribution in [0.25, 0.3) is 0 Å². The number of hydrogen-bond donors (Lipinski definition) is 0. The van der Waals surface area contributed by atoms with E-state index in [2.05, 4.69) is 22.5 Å². The number of rotatable bonds is 5. The Kier molecular flexibility index (Phi) is 7.30. The van der Waals surface area contributed by atoms with Crippen LogP contribution < -0.4 is 0 Å². The molecule has 2 nitrogen and oxygen atoms in total. The van der Waals surface area contributed by atoms with Gasteiger partial charge >= 0.3 is 5.97 Å². The Morgan fingerprint density at radius 2 is 2.31 bits per heavy atom. The summed E-state index contributed by atoms with van der Waals surface area (Å²) < 4.78 is 5.60. The molecule has 0 aliphatic carbocycles. The van der Waals surface area contributed by atoms with Gasteiger partial charge in [-0.2, -0.15) is 0 Å². The Balaban J connectivity index is 3.88. The molecule has 0 aromatic rings. The van der Waals surface area contributed by atoms with Gasteiger partial charge in [0.05, 0.1) is 13.0 Å². The van der Waals surface area contributed by atoms with Crippen LogP contribution in [0.5, 0.6) is 0 Å². The number of carbonyl (C=O) groups is 1. The van der Waals surface area contributed by atoms with Gasteiger partial charge in [0, 0.05) is 4.48 Å². The fraction of sp³-hybridized carbons (Fsp3) is 0.300. The number of ether oxygens (including phenoxy) is 1. The van der Waals surface area contributed by atoms with Crippen LogP contribution in [0.3, 0.4) is 0 Å². The maximum atomic E-state index is 10.9. The van der Waals surface area contributed by atoms with Crippen LogP contribution in [0.1, 0.15) is 13.3 Å². The monoisotopic (exact) mass is 244 g/mol. The van der Waals surface area contributed by atoms with Crippen LogP contribution in [-0.2, 0) is 9.53 Å². The molecular weight excluding hydrogens is 232 g/mol. The molecule has 0 amide bonds. The van der Waals surface area contributed by atoms with E-state index in [1.165, 1.54) is 0 Å². The number of hydrogen-bond acceptors (Lipinski definition) is 2. The number of esters is 1. The number of carbonyl (C=O) groups excluding carboxylic acids is 1. The zero-order valence-electron chi connectivity index (χ0n) is 7.63. The van der Waals surface area contributed by atoms with Gasteiger partial charge in [0.25, 0.3) is 0 Å². The van der Waals surface area contributed by atoms with Gasteiger partial charge in [0.1, 0.15) is 0 Å². The second kappa shape index (κ2) is 7.80. The minimum atomic E-state index is -0.216. The zero-order chi connectivity index (χ0) is 10.1. The summed E-state index contributed by atoms with van der Waals surface area (Å²) in [7, 11) is 0. The van der Waals surface area contributed by atoms with Gasteiger partial charge < -0.3 is 4.74 Å². The van der Waals surface area contributed by atoms with Crippen molar-refractivity contribution >= 4 is 21.9 Å². The average Bonchev–Trinajstić information content (AvgIpc) is 2.12. The van der Waals surface area contributed by atoms with Gasteiger partial charge in [-0.05, 0) is 13.0 Å². The summed E-state index contributed by atoms with van der Waals surface area (Å²) in [4.78, 5) is 10.9. The summed E-state index contributed by atoms with van der Waals surface area (Å²) in [6, 6.07) is 0. The van der Waals surface area contributed by atoms with Crippen molar-refractivity contribution in [3.05, 3.63) is 35.4 Å². The first-order valence-corrected chi connectivity index (χ1v) is 4.80. The predicted octanol–water partition coefficient (Wildman–Crippen LogP) is 2.96. The Labute approximate surface area is 87.1 Å². The summed E-state index contributed by atoms with van der Waals surface area (Å²) in [5.74, 6) is -0.216. The van der Waals surface area contributed by atoms with Crippen LogP contribution in [-0.4, -0.2) is 12.6 Å². The topological polar surface area (TPSA) is 26.3 Å². The van der Waals surface area contributed by atoms with E-state index in [4.69, 9.17) is 4.74 Å². The SMILES string of the molecule is C=C/C=C\C(Br)=C\CC(=O)OCC. The molecule has 0 N–H and O–H groups in total. The molecule has 0 rings (SSSR count). The number of halogens is 1. The Morgan fingerprint density at radius 1 is 1.62 bits per heavy atom. The van der Waals surface area contributed by atoms with Gasteiger partial charge in [-0.1, -0.05) is 40.7 Å². The smallest absolute Gasteiger partial charge is 0.309 e. The van der Waals surface area contributed by atoms with E-state index in [0.717, 1.165) is 4.48 Å². The van der Waals surface area contributed by atoms with Crippen LogP contribution in [0.4, 0.5) is 0 Å². The first kappa shape index (κ1) is 12.2. The maximum absolute atomic E-state index is 10.9. The molecule has 0 atom stereocenters. The second-order valence-corrected chi connectivity index (χ2v) is 3.11. The summed E-state index contributed by atoms with van der Waals surface area (Å²) in [6.45, 7) is 5.74. The van der Waals surface area contributed by atoms with E-state index >= 15 is 0 Å². The van der Waals surface area contributed by atoms with Crippen molar-refractivity contribution in [2.45, 2.75) is 13.3 Å². The lowest BCUT2D eigenvalue weighted by Gasteiger charge is -1.96. The second-order valence-electron chi connectivity index (χ2n) is 2.19. The van der Waals surface area contributed by atoms with Crippen LogP contribution >= 0.6 is 15.9 Å². The van der Waals surface area contributed by atoms with Crippen molar-refractivity contribution in [2.75, 3.05) is 6.61 Å². The van der Waals surface area contributed by atoms with E-state index < -0.39 is 0 Å². The van der Waals surface area contributed by atoms with E-state index in [1.54, 1.807) is 25.2 Å². The summed E-state index contributed by atoms with van der Waals surface area (Å²) in [5, 5.41) is 0. The first-order valence-electron chi connectivity index (χ1n) is 4.01. The molecule has 0 spiro atoms. The molecule has 0 aliphatic rings. The molecular formula is C10H13BrO2. The number of allylic oxidation sites excluding steroid dienone is 4. The van der Waals surface area contributed by atoms with Crippen molar-refractivity contribution in [3.63, 3.8) is 0 Å². The molecule has 0 fully saturated rings. The van der Waals surface area contributed by atoms with Crippen molar-refractivity contribution in [2.24, 2.45) is 0 Å². The molecule has 0 saturated carbocycles. The lowest BCUT2D eigenvalue weighted by molar-refractivity contribution is -0.142. The molecule has 72 valence electrons. The third-order valence-corrected chi connectivity index (χ3v) is 1.75. The molecule has 0 aromatic heterocycles. The fourth-order valence-electron chi connectivity index (χ4n) is 0.629. The predicted molar refractivity (Wildman–Crippen MR) is 57.6 cm³/mol. The lowest BCUT2D eigenvalue weighted by Crippen LogP contribution is -2.01. The lowest BCUT2D eigenvalue weighted by atomic mass is 10.3. The fourth-order valence-corrected chi connectivity index (χ4v) is 0.943. The third-order valence-electron chi connectivity index (χ3n) is 1.16. The third kappa shape index (κ3) is 7.53. The van der Waals surface area contributed by atoms with Gasteiger partial charge in [-0.15, -0.1) is 0 Å². The van der Waals surface area contributed by atoms with Crippen LogP contribution in [0, 0.1) is 0 Å². The summed E-state index contributed by atoms with van der Waals surface area (Å²) in [6.07, 6.45) is 7.30. The van der Waals surface area contributed by atoms with Crippen molar-refractivity contribution < 1.29 is 9.53 Å².